The summed E-state index contributed by atoms with van der Waals surface area (Å²) in [6.07, 6.45) is 3.63. The molecule has 0 radical (unpaired) electrons. The van der Waals surface area contributed by atoms with Gasteiger partial charge in [0.1, 0.15) is 0 Å². The molecule has 5 heteroatoms. The van der Waals surface area contributed by atoms with Crippen LogP contribution in [0, 0.1) is 17.8 Å². The lowest BCUT2D eigenvalue weighted by atomic mass is 9.81. The largest absolute Gasteiger partial charge is 0.481 e. The highest BCUT2D eigenvalue weighted by molar-refractivity contribution is 6.05. The Bertz CT molecular complexity index is 355. The van der Waals surface area contributed by atoms with Gasteiger partial charge in [0.2, 0.25) is 11.8 Å². The molecule has 0 spiro atoms. The van der Waals surface area contributed by atoms with Crippen LogP contribution < -0.4 is 0 Å². The van der Waals surface area contributed by atoms with E-state index in [0.717, 1.165) is 25.7 Å². The molecule has 1 aliphatic carbocycles. The second-order valence-electron chi connectivity index (χ2n) is 5.49. The molecule has 1 aliphatic heterocycles. The average molecular weight is 253 g/mol. The zero-order chi connectivity index (χ0) is 13.3. The van der Waals surface area contributed by atoms with Crippen LogP contribution in [0.1, 0.15) is 39.0 Å². The first-order valence-electron chi connectivity index (χ1n) is 6.57. The van der Waals surface area contributed by atoms with Crippen molar-refractivity contribution in [3.05, 3.63) is 0 Å². The number of likely N-dealkylation sites (tertiary alicyclic amines) is 1. The number of nitrogens with zero attached hydrogens (tertiary/aromatic N) is 1. The van der Waals surface area contributed by atoms with Crippen molar-refractivity contribution in [1.29, 1.82) is 0 Å². The SMILES string of the molecule is CC(CC(=O)O)CN1C(=O)C2CCCCC2C1=O. The fourth-order valence-electron chi connectivity index (χ4n) is 3.09. The summed E-state index contributed by atoms with van der Waals surface area (Å²) in [6.45, 7) is 2.01. The molecule has 18 heavy (non-hydrogen) atoms. The molecule has 2 amide bonds. The molecule has 100 valence electrons. The van der Waals surface area contributed by atoms with Crippen molar-refractivity contribution in [3.63, 3.8) is 0 Å². The highest BCUT2D eigenvalue weighted by atomic mass is 16.4. The fraction of sp³-hybridized carbons (Fsp3) is 0.769. The van der Waals surface area contributed by atoms with Gasteiger partial charge in [0.25, 0.3) is 0 Å². The van der Waals surface area contributed by atoms with E-state index >= 15 is 0 Å². The van der Waals surface area contributed by atoms with E-state index in [1.54, 1.807) is 6.92 Å². The van der Waals surface area contributed by atoms with Crippen LogP contribution in [0.2, 0.25) is 0 Å². The van der Waals surface area contributed by atoms with Gasteiger partial charge in [0.15, 0.2) is 0 Å². The van der Waals surface area contributed by atoms with Gasteiger partial charge < -0.3 is 5.11 Å². The van der Waals surface area contributed by atoms with E-state index in [1.165, 1.54) is 4.90 Å². The maximum Gasteiger partial charge on any atom is 0.303 e. The van der Waals surface area contributed by atoms with Crippen LogP contribution in [0.4, 0.5) is 0 Å². The second-order valence-corrected chi connectivity index (χ2v) is 5.49. The van der Waals surface area contributed by atoms with Crippen LogP contribution in [0.25, 0.3) is 0 Å². The van der Waals surface area contributed by atoms with Crippen LogP contribution in [0.15, 0.2) is 0 Å². The summed E-state index contributed by atoms with van der Waals surface area (Å²) < 4.78 is 0. The Morgan fingerprint density at radius 3 is 2.22 bits per heavy atom. The standard InChI is InChI=1S/C13H19NO4/c1-8(6-11(15)16)7-14-12(17)9-4-2-3-5-10(9)13(14)18/h8-10H,2-7H2,1H3,(H,15,16). The molecular weight excluding hydrogens is 234 g/mol. The van der Waals surface area contributed by atoms with E-state index in [0.29, 0.717) is 0 Å². The monoisotopic (exact) mass is 253 g/mol. The summed E-state index contributed by atoms with van der Waals surface area (Å²) in [6, 6.07) is 0. The lowest BCUT2D eigenvalue weighted by Gasteiger charge is -2.19. The maximum absolute atomic E-state index is 12.1. The molecule has 1 heterocycles. The number of hydrogen-bond acceptors (Lipinski definition) is 3. The van der Waals surface area contributed by atoms with Crippen molar-refractivity contribution in [1.82, 2.24) is 4.90 Å². The number of carbonyl (C=O) groups excluding carboxylic acids is 2. The van der Waals surface area contributed by atoms with E-state index in [9.17, 15) is 14.4 Å². The zero-order valence-corrected chi connectivity index (χ0v) is 10.6. The third-order valence-electron chi connectivity index (χ3n) is 3.95. The molecule has 1 saturated carbocycles. The number of rotatable bonds is 4. The number of imide groups is 1. The number of carboxylic acids is 1. The minimum absolute atomic E-state index is 0.00755. The molecule has 1 saturated heterocycles. The fourth-order valence-corrected chi connectivity index (χ4v) is 3.09. The average Bonchev–Trinajstić information content (AvgIpc) is 2.54. The number of fused-ring (bicyclic) bond motifs is 1. The predicted molar refractivity (Wildman–Crippen MR) is 63.6 cm³/mol. The Hall–Kier alpha value is -1.39. The minimum Gasteiger partial charge on any atom is -0.481 e. The lowest BCUT2D eigenvalue weighted by Crippen LogP contribution is -2.35. The normalized spacial score (nSPS) is 29.3. The molecule has 3 unspecified atom stereocenters. The highest BCUT2D eigenvalue weighted by Crippen LogP contribution is 2.38. The minimum atomic E-state index is -0.890. The third kappa shape index (κ3) is 2.40. The quantitative estimate of drug-likeness (QED) is 0.766. The smallest absolute Gasteiger partial charge is 0.303 e. The maximum atomic E-state index is 12.1. The molecule has 0 aromatic heterocycles. The van der Waals surface area contributed by atoms with Gasteiger partial charge in [-0.2, -0.15) is 0 Å². The molecule has 0 aromatic rings. The van der Waals surface area contributed by atoms with Crippen molar-refractivity contribution in [2.75, 3.05) is 6.54 Å². The van der Waals surface area contributed by atoms with Gasteiger partial charge in [0, 0.05) is 13.0 Å². The van der Waals surface area contributed by atoms with Gasteiger partial charge in [-0.1, -0.05) is 19.8 Å². The van der Waals surface area contributed by atoms with Gasteiger partial charge >= 0.3 is 5.97 Å². The van der Waals surface area contributed by atoms with Crippen molar-refractivity contribution >= 4 is 17.8 Å². The number of hydrogen-bond donors (Lipinski definition) is 1. The summed E-state index contributed by atoms with van der Waals surface area (Å²) in [5, 5.41) is 8.71. The first kappa shape index (κ1) is 13.1. The van der Waals surface area contributed by atoms with Crippen LogP contribution in [0.5, 0.6) is 0 Å². The Kier molecular flexibility index (Phi) is 3.68. The van der Waals surface area contributed by atoms with Gasteiger partial charge in [-0.15, -0.1) is 0 Å². The summed E-state index contributed by atoms with van der Waals surface area (Å²) in [7, 11) is 0. The molecule has 0 aromatic carbocycles. The molecule has 1 N–H and O–H groups in total. The molecule has 0 bridgehead atoms. The molecule has 2 aliphatic rings. The van der Waals surface area contributed by atoms with Crippen LogP contribution in [-0.2, 0) is 14.4 Å². The van der Waals surface area contributed by atoms with Crippen molar-refractivity contribution in [2.45, 2.75) is 39.0 Å². The molecular formula is C13H19NO4. The van der Waals surface area contributed by atoms with E-state index in [4.69, 9.17) is 5.11 Å². The first-order chi connectivity index (χ1) is 8.50. The number of carbonyl (C=O) groups is 3. The number of carboxylic acid groups (broad SMARTS) is 1. The summed E-state index contributed by atoms with van der Waals surface area (Å²) in [5.74, 6) is -1.51. The zero-order valence-electron chi connectivity index (χ0n) is 10.6. The molecule has 2 rings (SSSR count). The Balaban J connectivity index is 2.02. The highest BCUT2D eigenvalue weighted by Gasteiger charge is 2.48. The predicted octanol–water partition coefficient (Wildman–Crippen LogP) is 1.27. The van der Waals surface area contributed by atoms with Crippen molar-refractivity contribution < 1.29 is 19.5 Å². The summed E-state index contributed by atoms with van der Waals surface area (Å²) >= 11 is 0. The topological polar surface area (TPSA) is 74.7 Å². The van der Waals surface area contributed by atoms with Gasteiger partial charge in [0.05, 0.1) is 11.8 Å². The summed E-state index contributed by atoms with van der Waals surface area (Å²) in [4.78, 5) is 36.2. The van der Waals surface area contributed by atoms with Crippen LogP contribution in [0.3, 0.4) is 0 Å². The van der Waals surface area contributed by atoms with Crippen LogP contribution >= 0.6 is 0 Å². The molecule has 3 atom stereocenters. The van der Waals surface area contributed by atoms with Gasteiger partial charge in [-0.3, -0.25) is 19.3 Å². The Labute approximate surface area is 106 Å². The van der Waals surface area contributed by atoms with Crippen LogP contribution in [-0.4, -0.2) is 34.3 Å². The van der Waals surface area contributed by atoms with Crippen molar-refractivity contribution in [3.8, 4) is 0 Å². The van der Waals surface area contributed by atoms with Crippen molar-refractivity contribution in [2.24, 2.45) is 17.8 Å². The van der Waals surface area contributed by atoms with E-state index in [-0.39, 0.29) is 42.5 Å². The van der Waals surface area contributed by atoms with E-state index < -0.39 is 5.97 Å². The Morgan fingerprint density at radius 2 is 1.78 bits per heavy atom. The molecule has 5 nitrogen and oxygen atoms in total. The molecule has 2 fully saturated rings. The van der Waals surface area contributed by atoms with Gasteiger partial charge in [-0.25, -0.2) is 0 Å². The van der Waals surface area contributed by atoms with E-state index in [1.807, 2.05) is 0 Å². The van der Waals surface area contributed by atoms with E-state index in [2.05, 4.69) is 0 Å². The number of amides is 2. The summed E-state index contributed by atoms with van der Waals surface area (Å²) in [5.41, 5.74) is 0. The lowest BCUT2D eigenvalue weighted by molar-refractivity contribution is -0.143. The second kappa shape index (κ2) is 5.08. The number of aliphatic carboxylic acids is 1. The third-order valence-corrected chi connectivity index (χ3v) is 3.95. The Morgan fingerprint density at radius 1 is 1.28 bits per heavy atom. The van der Waals surface area contributed by atoms with Gasteiger partial charge in [-0.05, 0) is 18.8 Å². The first-order valence-corrected chi connectivity index (χ1v) is 6.57.